The number of methoxy groups -OCH3 is 2. The first-order valence-corrected chi connectivity index (χ1v) is 9.24. The van der Waals surface area contributed by atoms with Crippen LogP contribution in [0.5, 0.6) is 5.75 Å². The molecule has 0 atom stereocenters. The van der Waals surface area contributed by atoms with Crippen LogP contribution in [-0.4, -0.2) is 35.7 Å². The largest absolute Gasteiger partial charge is 0.497 e. The number of aromatic nitrogens is 2. The molecule has 7 nitrogen and oxygen atoms in total. The minimum Gasteiger partial charge on any atom is -0.497 e. The summed E-state index contributed by atoms with van der Waals surface area (Å²) in [4.78, 5) is 29.5. The van der Waals surface area contributed by atoms with E-state index in [9.17, 15) is 14.0 Å². The van der Waals surface area contributed by atoms with Crippen molar-refractivity contribution in [2.75, 3.05) is 14.2 Å². The zero-order chi connectivity index (χ0) is 21.7. The SMILES string of the molecule is COC(=O)Cc1[nH]n(-c2ccc(F)cc2)c(=O)c1C(C)=NCc1cccc(OC)c1. The first-order valence-electron chi connectivity index (χ1n) is 9.24. The number of hydrogen-bond donors (Lipinski definition) is 1. The van der Waals surface area contributed by atoms with Crippen LogP contribution in [0.2, 0.25) is 0 Å². The molecule has 0 bridgehead atoms. The van der Waals surface area contributed by atoms with Gasteiger partial charge in [-0.1, -0.05) is 12.1 Å². The molecule has 0 aliphatic heterocycles. The van der Waals surface area contributed by atoms with Crippen LogP contribution in [0, 0.1) is 5.82 Å². The van der Waals surface area contributed by atoms with Crippen LogP contribution < -0.4 is 10.3 Å². The zero-order valence-corrected chi connectivity index (χ0v) is 16.9. The van der Waals surface area contributed by atoms with E-state index in [1.807, 2.05) is 24.3 Å². The van der Waals surface area contributed by atoms with Crippen LogP contribution >= 0.6 is 0 Å². The average Bonchev–Trinajstić information content (AvgIpc) is 3.08. The summed E-state index contributed by atoms with van der Waals surface area (Å²) in [5, 5.41) is 2.93. The topological polar surface area (TPSA) is 85.7 Å². The maximum absolute atomic E-state index is 13.3. The molecule has 0 saturated carbocycles. The summed E-state index contributed by atoms with van der Waals surface area (Å²) < 4.78 is 24.5. The lowest BCUT2D eigenvalue weighted by Gasteiger charge is -2.04. The van der Waals surface area contributed by atoms with Crippen LogP contribution in [-0.2, 0) is 22.5 Å². The lowest BCUT2D eigenvalue weighted by atomic mass is 10.1. The molecule has 0 saturated heterocycles. The van der Waals surface area contributed by atoms with Gasteiger partial charge in [-0.05, 0) is 48.9 Å². The normalized spacial score (nSPS) is 11.4. The third kappa shape index (κ3) is 4.65. The monoisotopic (exact) mass is 411 g/mol. The molecular formula is C22H22FN3O4. The third-order valence-corrected chi connectivity index (χ3v) is 4.59. The minimum atomic E-state index is -0.496. The minimum absolute atomic E-state index is 0.124. The Bertz CT molecular complexity index is 1130. The number of rotatable bonds is 7. The summed E-state index contributed by atoms with van der Waals surface area (Å²) in [6.45, 7) is 2.04. The molecule has 1 N–H and O–H groups in total. The number of carbonyl (C=O) groups is 1. The Kier molecular flexibility index (Phi) is 6.46. The number of carbonyl (C=O) groups excluding carboxylic acids is 1. The van der Waals surface area contributed by atoms with Crippen molar-refractivity contribution in [1.82, 2.24) is 9.78 Å². The standard InChI is InChI=1S/C22H22FN3O4/c1-14(24-13-15-5-4-6-18(11-15)29-2)21-19(12-20(27)30-3)25-26(22(21)28)17-9-7-16(23)8-10-17/h4-11,25H,12-13H2,1-3H3. The molecule has 0 aliphatic carbocycles. The van der Waals surface area contributed by atoms with Crippen molar-refractivity contribution in [1.29, 1.82) is 0 Å². The van der Waals surface area contributed by atoms with Gasteiger partial charge in [-0.25, -0.2) is 9.07 Å². The maximum Gasteiger partial charge on any atom is 0.311 e. The van der Waals surface area contributed by atoms with Crippen LogP contribution in [0.1, 0.15) is 23.7 Å². The molecular weight excluding hydrogens is 389 g/mol. The number of halogens is 1. The van der Waals surface area contributed by atoms with E-state index < -0.39 is 11.8 Å². The predicted octanol–water partition coefficient (Wildman–Crippen LogP) is 3.04. The fourth-order valence-corrected chi connectivity index (χ4v) is 3.03. The summed E-state index contributed by atoms with van der Waals surface area (Å²) in [6.07, 6.45) is -0.124. The molecule has 8 heteroatoms. The van der Waals surface area contributed by atoms with E-state index in [2.05, 4.69) is 10.1 Å². The molecule has 0 amide bonds. The lowest BCUT2D eigenvalue weighted by molar-refractivity contribution is -0.139. The fourth-order valence-electron chi connectivity index (χ4n) is 3.03. The zero-order valence-electron chi connectivity index (χ0n) is 16.9. The van der Waals surface area contributed by atoms with E-state index in [-0.39, 0.29) is 17.5 Å². The summed E-state index contributed by atoms with van der Waals surface area (Å²) in [7, 11) is 2.87. The Morgan fingerprint density at radius 1 is 1.17 bits per heavy atom. The average molecular weight is 411 g/mol. The highest BCUT2D eigenvalue weighted by Crippen LogP contribution is 2.15. The van der Waals surface area contributed by atoms with Crippen LogP contribution in [0.25, 0.3) is 5.69 Å². The molecule has 3 aromatic rings. The predicted molar refractivity (Wildman–Crippen MR) is 111 cm³/mol. The smallest absolute Gasteiger partial charge is 0.311 e. The number of benzene rings is 2. The van der Waals surface area contributed by atoms with E-state index >= 15 is 0 Å². The van der Waals surface area contributed by atoms with E-state index in [0.717, 1.165) is 5.56 Å². The number of H-pyrrole nitrogens is 1. The number of aliphatic imine (C=N–C) groups is 1. The quantitative estimate of drug-likeness (QED) is 0.478. The number of hydrogen-bond acceptors (Lipinski definition) is 5. The molecule has 1 aromatic heterocycles. The fraction of sp³-hybridized carbons (Fsp3) is 0.227. The summed E-state index contributed by atoms with van der Waals surface area (Å²) >= 11 is 0. The van der Waals surface area contributed by atoms with Crippen molar-refractivity contribution in [3.05, 3.63) is 81.5 Å². The van der Waals surface area contributed by atoms with Gasteiger partial charge in [-0.2, -0.15) is 0 Å². The van der Waals surface area contributed by atoms with Gasteiger partial charge in [0.05, 0.1) is 44.1 Å². The van der Waals surface area contributed by atoms with Gasteiger partial charge in [0.1, 0.15) is 11.6 Å². The Labute approximate surface area is 172 Å². The molecule has 30 heavy (non-hydrogen) atoms. The molecule has 0 radical (unpaired) electrons. The van der Waals surface area contributed by atoms with Crippen molar-refractivity contribution in [3.63, 3.8) is 0 Å². The third-order valence-electron chi connectivity index (χ3n) is 4.59. The number of ether oxygens (including phenoxy) is 2. The van der Waals surface area contributed by atoms with Crippen LogP contribution in [0.4, 0.5) is 4.39 Å². The van der Waals surface area contributed by atoms with Gasteiger partial charge < -0.3 is 9.47 Å². The molecule has 2 aromatic carbocycles. The summed E-state index contributed by atoms with van der Waals surface area (Å²) in [5.41, 5.74) is 2.11. The molecule has 156 valence electrons. The van der Waals surface area contributed by atoms with Gasteiger partial charge in [0.15, 0.2) is 0 Å². The van der Waals surface area contributed by atoms with Crippen molar-refractivity contribution in [3.8, 4) is 11.4 Å². The maximum atomic E-state index is 13.3. The van der Waals surface area contributed by atoms with Crippen molar-refractivity contribution in [2.24, 2.45) is 4.99 Å². The summed E-state index contributed by atoms with van der Waals surface area (Å²) in [5.74, 6) is -0.194. The van der Waals surface area contributed by atoms with E-state index in [1.165, 1.54) is 36.1 Å². The van der Waals surface area contributed by atoms with E-state index in [4.69, 9.17) is 9.47 Å². The van der Waals surface area contributed by atoms with Crippen molar-refractivity contribution < 1.29 is 18.7 Å². The van der Waals surface area contributed by atoms with E-state index in [0.29, 0.717) is 29.4 Å². The van der Waals surface area contributed by atoms with Gasteiger partial charge in [0.2, 0.25) is 0 Å². The Morgan fingerprint density at radius 3 is 2.57 bits per heavy atom. The van der Waals surface area contributed by atoms with Gasteiger partial charge in [0.25, 0.3) is 5.56 Å². The van der Waals surface area contributed by atoms with Gasteiger partial charge in [0, 0.05) is 5.71 Å². The number of nitrogens with one attached hydrogen (secondary N) is 1. The Balaban J connectivity index is 2.01. The lowest BCUT2D eigenvalue weighted by Crippen LogP contribution is -2.20. The molecule has 0 fully saturated rings. The van der Waals surface area contributed by atoms with E-state index in [1.54, 1.807) is 14.0 Å². The first kappa shape index (κ1) is 21.0. The molecule has 3 rings (SSSR count). The number of aromatic amines is 1. The number of esters is 1. The van der Waals surface area contributed by atoms with Gasteiger partial charge in [-0.15, -0.1) is 0 Å². The highest BCUT2D eigenvalue weighted by molar-refractivity contribution is 6.00. The summed E-state index contributed by atoms with van der Waals surface area (Å²) in [6, 6.07) is 12.9. The highest BCUT2D eigenvalue weighted by atomic mass is 19.1. The highest BCUT2D eigenvalue weighted by Gasteiger charge is 2.20. The molecule has 1 heterocycles. The second-order valence-electron chi connectivity index (χ2n) is 6.59. The van der Waals surface area contributed by atoms with Gasteiger partial charge >= 0.3 is 5.97 Å². The molecule has 0 unspecified atom stereocenters. The second-order valence-corrected chi connectivity index (χ2v) is 6.59. The molecule has 0 aliphatic rings. The number of nitrogens with zero attached hydrogens (tertiary/aromatic N) is 2. The Morgan fingerprint density at radius 2 is 1.90 bits per heavy atom. The van der Waals surface area contributed by atoms with Gasteiger partial charge in [-0.3, -0.25) is 19.7 Å². The first-order chi connectivity index (χ1) is 14.4. The molecule has 0 spiro atoms. The second kappa shape index (κ2) is 9.21. The van der Waals surface area contributed by atoms with Crippen LogP contribution in [0.15, 0.2) is 58.3 Å². The Hall–Kier alpha value is -3.68. The van der Waals surface area contributed by atoms with Crippen LogP contribution in [0.3, 0.4) is 0 Å². The van der Waals surface area contributed by atoms with Crippen molar-refractivity contribution >= 4 is 11.7 Å². The van der Waals surface area contributed by atoms with Crippen molar-refractivity contribution in [2.45, 2.75) is 19.9 Å².